The number of carbonyl (C=O) groups is 1. The third-order valence-corrected chi connectivity index (χ3v) is 2.89. The molecule has 0 saturated heterocycles. The van der Waals surface area contributed by atoms with Gasteiger partial charge in [0.05, 0.1) is 18.7 Å². The van der Waals surface area contributed by atoms with E-state index in [4.69, 9.17) is 4.74 Å². The molecule has 1 unspecified atom stereocenters. The molecule has 0 spiro atoms. The van der Waals surface area contributed by atoms with Crippen LogP contribution in [0.3, 0.4) is 0 Å². The van der Waals surface area contributed by atoms with Gasteiger partial charge < -0.3 is 10.1 Å². The topological polar surface area (TPSA) is 51.2 Å². The van der Waals surface area contributed by atoms with Crippen molar-refractivity contribution in [1.29, 1.82) is 0 Å². The second-order valence-electron chi connectivity index (χ2n) is 4.21. The Kier molecular flexibility index (Phi) is 4.13. The fraction of sp³-hybridized carbons (Fsp3) is 0.200. The van der Waals surface area contributed by atoms with Crippen LogP contribution in [0.25, 0.3) is 0 Å². The van der Waals surface area contributed by atoms with Crippen LogP contribution < -0.4 is 10.1 Å². The summed E-state index contributed by atoms with van der Waals surface area (Å²) in [5, 5.41) is 2.93. The number of ether oxygens (including phenoxy) is 1. The van der Waals surface area contributed by atoms with E-state index in [1.165, 1.54) is 0 Å². The maximum absolute atomic E-state index is 12.0. The molecule has 0 bridgehead atoms. The maximum atomic E-state index is 12.0. The van der Waals surface area contributed by atoms with Gasteiger partial charge in [0.2, 0.25) is 0 Å². The van der Waals surface area contributed by atoms with E-state index in [0.717, 1.165) is 11.3 Å². The molecule has 2 aromatic rings. The Morgan fingerprint density at radius 2 is 2.00 bits per heavy atom. The lowest BCUT2D eigenvalue weighted by molar-refractivity contribution is 0.0939. The minimum absolute atomic E-state index is 0.0707. The third kappa shape index (κ3) is 3.31. The van der Waals surface area contributed by atoms with E-state index < -0.39 is 0 Å². The van der Waals surface area contributed by atoms with Crippen LogP contribution in [0, 0.1) is 0 Å². The Bertz CT molecular complexity index is 538. The molecule has 98 valence electrons. The molecule has 4 nitrogen and oxygen atoms in total. The van der Waals surface area contributed by atoms with Gasteiger partial charge in [0, 0.05) is 12.4 Å². The summed E-state index contributed by atoms with van der Waals surface area (Å²) in [5.41, 5.74) is 1.58. The molecule has 0 fully saturated rings. The first-order valence-electron chi connectivity index (χ1n) is 6.05. The lowest BCUT2D eigenvalue weighted by Crippen LogP contribution is -2.26. The number of benzene rings is 1. The molecule has 0 aliphatic rings. The van der Waals surface area contributed by atoms with Gasteiger partial charge in [-0.3, -0.25) is 9.78 Å². The lowest BCUT2D eigenvalue weighted by atomic mass is 10.1. The molecular formula is C15H16N2O2. The number of aromatic nitrogens is 1. The first-order chi connectivity index (χ1) is 9.20. The van der Waals surface area contributed by atoms with Crippen LogP contribution in [0.1, 0.15) is 28.9 Å². The number of nitrogens with zero attached hydrogens (tertiary/aromatic N) is 1. The van der Waals surface area contributed by atoms with Gasteiger partial charge in [-0.05, 0) is 36.8 Å². The normalized spacial score (nSPS) is 11.7. The number of nitrogens with one attached hydrogen (secondary N) is 1. The quantitative estimate of drug-likeness (QED) is 0.914. The minimum atomic E-state index is -0.128. The highest BCUT2D eigenvalue weighted by atomic mass is 16.5. The summed E-state index contributed by atoms with van der Waals surface area (Å²) in [6, 6.07) is 11.0. The molecule has 4 heteroatoms. The molecular weight excluding hydrogens is 240 g/mol. The summed E-state index contributed by atoms with van der Waals surface area (Å²) in [6.45, 7) is 1.94. The first-order valence-corrected chi connectivity index (χ1v) is 6.05. The van der Waals surface area contributed by atoms with Crippen LogP contribution in [0.4, 0.5) is 0 Å². The number of amides is 1. The molecule has 1 amide bonds. The van der Waals surface area contributed by atoms with Crippen molar-refractivity contribution < 1.29 is 9.53 Å². The average molecular weight is 256 g/mol. The van der Waals surface area contributed by atoms with Crippen molar-refractivity contribution in [2.75, 3.05) is 7.11 Å². The Balaban J connectivity index is 2.04. The summed E-state index contributed by atoms with van der Waals surface area (Å²) >= 11 is 0. The zero-order chi connectivity index (χ0) is 13.7. The predicted octanol–water partition coefficient (Wildman–Crippen LogP) is 2.58. The molecule has 1 aromatic heterocycles. The fourth-order valence-electron chi connectivity index (χ4n) is 1.75. The molecule has 1 N–H and O–H groups in total. The van der Waals surface area contributed by atoms with Gasteiger partial charge in [0.25, 0.3) is 5.91 Å². The molecule has 2 rings (SSSR count). The van der Waals surface area contributed by atoms with E-state index in [-0.39, 0.29) is 11.9 Å². The molecule has 1 atom stereocenters. The highest BCUT2D eigenvalue weighted by Gasteiger charge is 2.11. The number of hydrogen-bond donors (Lipinski definition) is 1. The number of rotatable bonds is 4. The molecule has 0 radical (unpaired) electrons. The standard InChI is InChI=1S/C15H16N2O2/c1-11(12-5-7-14(19-2)8-6-12)17-15(18)13-4-3-9-16-10-13/h3-11H,1-2H3,(H,17,18). The summed E-state index contributed by atoms with van der Waals surface area (Å²) in [6.07, 6.45) is 3.19. The van der Waals surface area contributed by atoms with Crippen molar-refractivity contribution in [3.05, 3.63) is 59.9 Å². The second kappa shape index (κ2) is 6.00. The maximum Gasteiger partial charge on any atom is 0.253 e. The molecule has 0 saturated carbocycles. The Labute approximate surface area is 112 Å². The van der Waals surface area contributed by atoms with Gasteiger partial charge in [-0.25, -0.2) is 0 Å². The molecule has 1 aromatic carbocycles. The number of pyridine rings is 1. The van der Waals surface area contributed by atoms with Crippen LogP contribution in [0.15, 0.2) is 48.8 Å². The van der Waals surface area contributed by atoms with Gasteiger partial charge in [-0.1, -0.05) is 12.1 Å². The zero-order valence-corrected chi connectivity index (χ0v) is 11.0. The molecule has 0 aliphatic heterocycles. The molecule has 1 heterocycles. The highest BCUT2D eigenvalue weighted by molar-refractivity contribution is 5.94. The van der Waals surface area contributed by atoms with E-state index in [2.05, 4.69) is 10.3 Å². The Hall–Kier alpha value is -2.36. The van der Waals surface area contributed by atoms with Crippen LogP contribution >= 0.6 is 0 Å². The largest absolute Gasteiger partial charge is 0.497 e. The van der Waals surface area contributed by atoms with Crippen molar-refractivity contribution >= 4 is 5.91 Å². The van der Waals surface area contributed by atoms with Crippen molar-refractivity contribution in [3.63, 3.8) is 0 Å². The third-order valence-electron chi connectivity index (χ3n) is 2.89. The summed E-state index contributed by atoms with van der Waals surface area (Å²) in [4.78, 5) is 15.9. The first kappa shape index (κ1) is 13.1. The van der Waals surface area contributed by atoms with E-state index >= 15 is 0 Å². The van der Waals surface area contributed by atoms with Crippen molar-refractivity contribution in [2.45, 2.75) is 13.0 Å². The minimum Gasteiger partial charge on any atom is -0.497 e. The summed E-state index contributed by atoms with van der Waals surface area (Å²) in [5.74, 6) is 0.672. The molecule has 0 aliphatic carbocycles. The van der Waals surface area contributed by atoms with Gasteiger partial charge in [0.1, 0.15) is 5.75 Å². The van der Waals surface area contributed by atoms with Gasteiger partial charge in [-0.15, -0.1) is 0 Å². The second-order valence-corrected chi connectivity index (χ2v) is 4.21. The lowest BCUT2D eigenvalue weighted by Gasteiger charge is -2.14. The zero-order valence-electron chi connectivity index (χ0n) is 11.0. The Morgan fingerprint density at radius 1 is 1.26 bits per heavy atom. The van der Waals surface area contributed by atoms with Gasteiger partial charge in [-0.2, -0.15) is 0 Å². The van der Waals surface area contributed by atoms with Crippen LogP contribution in [0.5, 0.6) is 5.75 Å². The monoisotopic (exact) mass is 256 g/mol. The Morgan fingerprint density at radius 3 is 2.58 bits per heavy atom. The highest BCUT2D eigenvalue weighted by Crippen LogP contribution is 2.17. The fourth-order valence-corrected chi connectivity index (χ4v) is 1.75. The van der Waals surface area contributed by atoms with Crippen LogP contribution in [0.2, 0.25) is 0 Å². The average Bonchev–Trinajstić information content (AvgIpc) is 2.48. The summed E-state index contributed by atoms with van der Waals surface area (Å²) < 4.78 is 5.10. The predicted molar refractivity (Wildman–Crippen MR) is 73.1 cm³/mol. The van der Waals surface area contributed by atoms with Gasteiger partial charge in [0.15, 0.2) is 0 Å². The number of carbonyl (C=O) groups excluding carboxylic acids is 1. The van der Waals surface area contributed by atoms with Gasteiger partial charge >= 0.3 is 0 Å². The summed E-state index contributed by atoms with van der Waals surface area (Å²) in [7, 11) is 1.63. The molecule has 19 heavy (non-hydrogen) atoms. The van der Waals surface area contributed by atoms with E-state index in [1.54, 1.807) is 31.6 Å². The smallest absolute Gasteiger partial charge is 0.253 e. The number of hydrogen-bond acceptors (Lipinski definition) is 3. The van der Waals surface area contributed by atoms with Crippen LogP contribution in [-0.2, 0) is 0 Å². The van der Waals surface area contributed by atoms with Crippen molar-refractivity contribution in [1.82, 2.24) is 10.3 Å². The van der Waals surface area contributed by atoms with E-state index in [1.807, 2.05) is 31.2 Å². The SMILES string of the molecule is COc1ccc(C(C)NC(=O)c2cccnc2)cc1. The number of methoxy groups -OCH3 is 1. The van der Waals surface area contributed by atoms with Crippen molar-refractivity contribution in [3.8, 4) is 5.75 Å². The van der Waals surface area contributed by atoms with Crippen molar-refractivity contribution in [2.24, 2.45) is 0 Å². The van der Waals surface area contributed by atoms with Crippen LogP contribution in [-0.4, -0.2) is 18.0 Å². The van der Waals surface area contributed by atoms with E-state index in [0.29, 0.717) is 5.56 Å². The van der Waals surface area contributed by atoms with E-state index in [9.17, 15) is 4.79 Å².